The molecule has 2 rings (SSSR count). The molecule has 2 heterocycles. The summed E-state index contributed by atoms with van der Waals surface area (Å²) in [5.41, 5.74) is 0. The minimum absolute atomic E-state index is 0.0456. The van der Waals surface area contributed by atoms with Gasteiger partial charge < -0.3 is 14.5 Å². The molecule has 0 radical (unpaired) electrons. The zero-order valence-electron chi connectivity index (χ0n) is 13.4. The molecule has 0 saturated carbocycles. The van der Waals surface area contributed by atoms with Crippen LogP contribution in [-0.4, -0.2) is 65.1 Å². The molecule has 2 amide bonds. The Balaban J connectivity index is 1.96. The number of ether oxygens (including phenoxy) is 1. The van der Waals surface area contributed by atoms with Crippen LogP contribution in [-0.2, 0) is 9.53 Å². The second-order valence-electron chi connectivity index (χ2n) is 5.70. The molecule has 2 fully saturated rings. The van der Waals surface area contributed by atoms with E-state index in [-0.39, 0.29) is 24.1 Å². The number of amides is 2. The van der Waals surface area contributed by atoms with Crippen LogP contribution in [0.1, 0.15) is 25.7 Å². The average molecular weight is 334 g/mol. The maximum absolute atomic E-state index is 12.5. The highest BCUT2D eigenvalue weighted by atomic mass is 32.2. The van der Waals surface area contributed by atoms with Gasteiger partial charge in [0.1, 0.15) is 0 Å². The lowest BCUT2D eigenvalue weighted by molar-refractivity contribution is -0.140. The molecule has 0 aliphatic carbocycles. The molecule has 23 heavy (non-hydrogen) atoms. The van der Waals surface area contributed by atoms with Crippen LogP contribution in [0.3, 0.4) is 0 Å². The summed E-state index contributed by atoms with van der Waals surface area (Å²) < 4.78 is 4.65. The number of methoxy groups -OCH3 is 1. The molecular formula is C17H22N2O3S. The summed E-state index contributed by atoms with van der Waals surface area (Å²) in [7, 11) is 1.40. The lowest BCUT2D eigenvalue weighted by Gasteiger charge is -2.25. The van der Waals surface area contributed by atoms with Gasteiger partial charge in [0.25, 0.3) is 0 Å². The van der Waals surface area contributed by atoms with E-state index < -0.39 is 0 Å². The maximum Gasteiger partial charge on any atom is 0.322 e. The van der Waals surface area contributed by atoms with Gasteiger partial charge in [0.05, 0.1) is 32.3 Å². The Morgan fingerprint density at radius 2 is 2.00 bits per heavy atom. The molecule has 124 valence electrons. The van der Waals surface area contributed by atoms with Crippen LogP contribution in [0, 0.1) is 24.7 Å². The monoisotopic (exact) mass is 334 g/mol. The van der Waals surface area contributed by atoms with Crippen molar-refractivity contribution >= 4 is 23.8 Å². The fourth-order valence-electron chi connectivity index (χ4n) is 3.31. The van der Waals surface area contributed by atoms with E-state index in [9.17, 15) is 9.59 Å². The van der Waals surface area contributed by atoms with Crippen molar-refractivity contribution < 1.29 is 14.3 Å². The summed E-state index contributed by atoms with van der Waals surface area (Å²) in [4.78, 5) is 27.2. The molecule has 2 aliphatic heterocycles. The first-order valence-corrected chi connectivity index (χ1v) is 8.81. The van der Waals surface area contributed by atoms with Crippen molar-refractivity contribution in [1.29, 1.82) is 0 Å². The van der Waals surface area contributed by atoms with E-state index in [1.54, 1.807) is 9.80 Å². The third-order valence-corrected chi connectivity index (χ3v) is 5.85. The number of fused-ring (bicyclic) bond motifs is 1. The van der Waals surface area contributed by atoms with Gasteiger partial charge in [-0.2, -0.15) is 11.8 Å². The zero-order chi connectivity index (χ0) is 16.8. The molecule has 0 bridgehead atoms. The number of carbonyl (C=O) groups excluding carboxylic acids is 2. The van der Waals surface area contributed by atoms with E-state index >= 15 is 0 Å². The third kappa shape index (κ3) is 3.76. The molecule has 5 nitrogen and oxygen atoms in total. The number of rotatable bonds is 7. The largest absolute Gasteiger partial charge is 0.469 e. The number of thioether (sulfide) groups is 1. The Labute approximate surface area is 142 Å². The predicted molar refractivity (Wildman–Crippen MR) is 90.8 cm³/mol. The number of carbonyl (C=O) groups is 2. The van der Waals surface area contributed by atoms with Crippen LogP contribution in [0.15, 0.2) is 0 Å². The van der Waals surface area contributed by atoms with Crippen molar-refractivity contribution in [2.75, 3.05) is 26.0 Å². The van der Waals surface area contributed by atoms with Gasteiger partial charge in [-0.15, -0.1) is 12.8 Å². The van der Waals surface area contributed by atoms with Crippen molar-refractivity contribution in [2.24, 2.45) is 0 Å². The smallest absolute Gasteiger partial charge is 0.322 e. The fourth-order valence-corrected chi connectivity index (χ4v) is 4.99. The fraction of sp³-hybridized carbons (Fsp3) is 0.647. The van der Waals surface area contributed by atoms with Gasteiger partial charge in [-0.1, -0.05) is 18.3 Å². The topological polar surface area (TPSA) is 49.9 Å². The summed E-state index contributed by atoms with van der Waals surface area (Å²) >= 11 is 1.87. The van der Waals surface area contributed by atoms with Gasteiger partial charge in [0.2, 0.25) is 0 Å². The number of nitrogens with zero attached hydrogens (tertiary/aromatic N) is 2. The number of unbranched alkanes of at least 4 members (excludes halogenated alkanes) is 1. The molecule has 0 N–H and O–H groups in total. The molecule has 2 aliphatic rings. The van der Waals surface area contributed by atoms with Crippen LogP contribution in [0.25, 0.3) is 0 Å². The van der Waals surface area contributed by atoms with Gasteiger partial charge in [-0.05, 0) is 12.8 Å². The van der Waals surface area contributed by atoms with Crippen molar-refractivity contribution in [2.45, 2.75) is 43.0 Å². The zero-order valence-corrected chi connectivity index (χ0v) is 14.2. The molecule has 3 atom stereocenters. The third-order valence-electron chi connectivity index (χ3n) is 4.38. The molecule has 2 saturated heterocycles. The van der Waals surface area contributed by atoms with E-state index in [1.807, 2.05) is 11.8 Å². The lowest BCUT2D eigenvalue weighted by atomic mass is 10.0. The summed E-state index contributed by atoms with van der Waals surface area (Å²) in [5, 5.41) is 0.345. The number of esters is 1. The van der Waals surface area contributed by atoms with Crippen molar-refractivity contribution in [3.63, 3.8) is 0 Å². The molecule has 6 heteroatoms. The minimum atomic E-state index is -0.174. The van der Waals surface area contributed by atoms with Crippen LogP contribution in [0.4, 0.5) is 4.79 Å². The van der Waals surface area contributed by atoms with Crippen molar-refractivity contribution in [1.82, 2.24) is 9.80 Å². The molecule has 0 aromatic carbocycles. The highest BCUT2D eigenvalue weighted by molar-refractivity contribution is 8.00. The lowest BCUT2D eigenvalue weighted by Crippen LogP contribution is -2.41. The van der Waals surface area contributed by atoms with Gasteiger partial charge >= 0.3 is 12.0 Å². The first-order valence-electron chi connectivity index (χ1n) is 7.76. The van der Waals surface area contributed by atoms with Gasteiger partial charge in [0, 0.05) is 17.4 Å². The highest BCUT2D eigenvalue weighted by Gasteiger charge is 2.52. The molecule has 0 unspecified atom stereocenters. The first-order chi connectivity index (χ1) is 11.1. The molecule has 0 spiro atoms. The quantitative estimate of drug-likeness (QED) is 0.307. The molecule has 0 aromatic heterocycles. The normalized spacial score (nSPS) is 25.9. The maximum atomic E-state index is 12.5. The summed E-state index contributed by atoms with van der Waals surface area (Å²) in [5.74, 6) is 5.87. The summed E-state index contributed by atoms with van der Waals surface area (Å²) in [6.45, 7) is 0.650. The predicted octanol–water partition coefficient (Wildman–Crippen LogP) is 1.58. The number of urea groups is 1. The molecule has 0 aromatic rings. The Kier molecular flexibility index (Phi) is 6.24. The van der Waals surface area contributed by atoms with Gasteiger partial charge in [-0.3, -0.25) is 4.79 Å². The number of terminal acetylenes is 2. The highest BCUT2D eigenvalue weighted by Crippen LogP contribution is 2.41. The van der Waals surface area contributed by atoms with Crippen molar-refractivity contribution in [3.05, 3.63) is 0 Å². The van der Waals surface area contributed by atoms with E-state index in [2.05, 4.69) is 16.6 Å². The average Bonchev–Trinajstić information content (AvgIpc) is 3.06. The Hall–Kier alpha value is -1.79. The van der Waals surface area contributed by atoms with Gasteiger partial charge in [-0.25, -0.2) is 4.79 Å². The summed E-state index contributed by atoms with van der Waals surface area (Å²) in [6.07, 6.45) is 14.0. The standard InChI is InChI=1S/C17H22N2O3S/c1-4-10-18-13-12-23-14(8-6-7-9-15(20)22-3)16(13)19(11-5-2)17(18)21/h1-2,13-14,16H,6-12H2,3H3/t13-,14-,16-/m0/s1. The SMILES string of the molecule is C#CCN1C(=O)N(CC#C)[C@H]2CS[C@@H](CCCCC(=O)OC)[C@H]21. The van der Waals surface area contributed by atoms with Crippen LogP contribution < -0.4 is 0 Å². The Morgan fingerprint density at radius 3 is 2.65 bits per heavy atom. The van der Waals surface area contributed by atoms with Crippen LogP contribution in [0.5, 0.6) is 0 Å². The van der Waals surface area contributed by atoms with E-state index in [1.165, 1.54) is 7.11 Å². The Morgan fingerprint density at radius 1 is 1.30 bits per heavy atom. The van der Waals surface area contributed by atoms with Crippen LogP contribution >= 0.6 is 11.8 Å². The number of hydrogen-bond acceptors (Lipinski definition) is 4. The molecular weight excluding hydrogens is 312 g/mol. The second kappa shape index (κ2) is 8.17. The van der Waals surface area contributed by atoms with Gasteiger partial charge in [0.15, 0.2) is 0 Å². The van der Waals surface area contributed by atoms with Crippen molar-refractivity contribution in [3.8, 4) is 24.7 Å². The number of hydrogen-bond donors (Lipinski definition) is 0. The first kappa shape index (κ1) is 17.6. The van der Waals surface area contributed by atoms with E-state index in [4.69, 9.17) is 12.8 Å². The Bertz CT molecular complexity index is 537. The van der Waals surface area contributed by atoms with E-state index in [0.29, 0.717) is 24.8 Å². The summed E-state index contributed by atoms with van der Waals surface area (Å²) in [6, 6.07) is 0.216. The van der Waals surface area contributed by atoms with Crippen LogP contribution in [0.2, 0.25) is 0 Å². The second-order valence-corrected chi connectivity index (χ2v) is 6.97. The van der Waals surface area contributed by atoms with E-state index in [0.717, 1.165) is 25.0 Å². The minimum Gasteiger partial charge on any atom is -0.469 e.